The quantitative estimate of drug-likeness (QED) is 0.825. The van der Waals surface area contributed by atoms with Crippen LogP contribution in [0.5, 0.6) is 0 Å². The third-order valence-corrected chi connectivity index (χ3v) is 4.64. The lowest BCUT2D eigenvalue weighted by Gasteiger charge is -2.28. The van der Waals surface area contributed by atoms with E-state index in [-0.39, 0.29) is 5.91 Å². The van der Waals surface area contributed by atoms with Gasteiger partial charge in [0, 0.05) is 0 Å². The highest BCUT2D eigenvalue weighted by Gasteiger charge is 2.47. The molecule has 2 N–H and O–H groups in total. The van der Waals surface area contributed by atoms with Crippen LogP contribution in [0.2, 0.25) is 0 Å². The van der Waals surface area contributed by atoms with Gasteiger partial charge in [0.25, 0.3) is 0 Å². The summed E-state index contributed by atoms with van der Waals surface area (Å²) in [6, 6.07) is 16.4. The molecule has 2 heteroatoms. The first-order chi connectivity index (χ1) is 10.2. The second-order valence-electron chi connectivity index (χ2n) is 5.82. The topological polar surface area (TPSA) is 43.1 Å². The number of unbranched alkanes of at least 4 members (excludes halogenated alkanes) is 2. The van der Waals surface area contributed by atoms with Crippen LogP contribution in [0.25, 0.3) is 11.1 Å². The van der Waals surface area contributed by atoms with E-state index in [4.69, 9.17) is 5.73 Å². The molecule has 2 nitrogen and oxygen atoms in total. The van der Waals surface area contributed by atoms with Crippen molar-refractivity contribution in [1.29, 1.82) is 0 Å². The summed E-state index contributed by atoms with van der Waals surface area (Å²) < 4.78 is 0. The van der Waals surface area contributed by atoms with E-state index in [1.54, 1.807) is 0 Å². The van der Waals surface area contributed by atoms with Gasteiger partial charge >= 0.3 is 0 Å². The highest BCUT2D eigenvalue weighted by atomic mass is 16.1. The molecule has 1 aliphatic rings. The number of rotatable bonds is 5. The Morgan fingerprint density at radius 1 is 0.952 bits per heavy atom. The van der Waals surface area contributed by atoms with Gasteiger partial charge in [-0.3, -0.25) is 4.79 Å². The number of amides is 1. The molecule has 0 atom stereocenters. The molecule has 1 amide bonds. The fourth-order valence-corrected chi connectivity index (χ4v) is 3.62. The van der Waals surface area contributed by atoms with Crippen molar-refractivity contribution < 1.29 is 4.79 Å². The molecule has 0 radical (unpaired) electrons. The van der Waals surface area contributed by atoms with Crippen molar-refractivity contribution in [3.8, 4) is 11.1 Å². The Morgan fingerprint density at radius 2 is 1.48 bits per heavy atom. The van der Waals surface area contributed by atoms with E-state index in [0.29, 0.717) is 0 Å². The summed E-state index contributed by atoms with van der Waals surface area (Å²) in [6.45, 7) is 2.17. The normalized spacial score (nSPS) is 14.5. The van der Waals surface area contributed by atoms with Crippen molar-refractivity contribution in [2.75, 3.05) is 0 Å². The third kappa shape index (κ3) is 1.98. The molecule has 0 bridgehead atoms. The number of primary amides is 1. The maximum absolute atomic E-state index is 12.5. The lowest BCUT2D eigenvalue weighted by atomic mass is 9.73. The van der Waals surface area contributed by atoms with Crippen LogP contribution in [0, 0.1) is 0 Å². The summed E-state index contributed by atoms with van der Waals surface area (Å²) >= 11 is 0. The molecule has 108 valence electrons. The van der Waals surface area contributed by atoms with Crippen molar-refractivity contribution in [1.82, 2.24) is 0 Å². The van der Waals surface area contributed by atoms with E-state index >= 15 is 0 Å². The van der Waals surface area contributed by atoms with Crippen molar-refractivity contribution in [2.45, 2.75) is 38.0 Å². The molecule has 2 aromatic carbocycles. The molecule has 0 saturated carbocycles. The van der Waals surface area contributed by atoms with Gasteiger partial charge in [-0.15, -0.1) is 0 Å². The number of hydrogen-bond acceptors (Lipinski definition) is 1. The van der Waals surface area contributed by atoms with E-state index in [1.807, 2.05) is 24.3 Å². The van der Waals surface area contributed by atoms with Crippen molar-refractivity contribution in [3.05, 3.63) is 59.7 Å². The highest BCUT2D eigenvalue weighted by Crippen LogP contribution is 2.51. The lowest BCUT2D eigenvalue weighted by Crippen LogP contribution is -2.40. The molecule has 3 rings (SSSR count). The maximum atomic E-state index is 12.5. The summed E-state index contributed by atoms with van der Waals surface area (Å²) in [4.78, 5) is 12.5. The molecule has 0 heterocycles. The number of carbonyl (C=O) groups excluding carboxylic acids is 1. The molecule has 21 heavy (non-hydrogen) atoms. The van der Waals surface area contributed by atoms with E-state index in [0.717, 1.165) is 47.9 Å². The zero-order valence-electron chi connectivity index (χ0n) is 12.4. The fourth-order valence-electron chi connectivity index (χ4n) is 3.62. The first kappa shape index (κ1) is 13.9. The molecular weight excluding hydrogens is 258 g/mol. The first-order valence-corrected chi connectivity index (χ1v) is 7.71. The van der Waals surface area contributed by atoms with E-state index in [9.17, 15) is 4.79 Å². The first-order valence-electron chi connectivity index (χ1n) is 7.71. The standard InChI is InChI=1S/C19H21NO/c1-2-3-8-13-19(18(20)21)16-11-6-4-9-14(16)15-10-5-7-12-17(15)19/h4-7,9-12H,2-3,8,13H2,1H3,(H2,20,21). The van der Waals surface area contributed by atoms with E-state index in [2.05, 4.69) is 31.2 Å². The van der Waals surface area contributed by atoms with Gasteiger partial charge in [-0.1, -0.05) is 74.7 Å². The molecule has 0 aromatic heterocycles. The Hall–Kier alpha value is -2.09. The van der Waals surface area contributed by atoms with Gasteiger partial charge in [-0.05, 0) is 28.7 Å². The molecule has 0 spiro atoms. The van der Waals surface area contributed by atoms with Crippen LogP contribution in [0.15, 0.2) is 48.5 Å². The number of nitrogens with two attached hydrogens (primary N) is 1. The van der Waals surface area contributed by atoms with Crippen LogP contribution >= 0.6 is 0 Å². The molecule has 1 aliphatic carbocycles. The molecular formula is C19H21NO. The van der Waals surface area contributed by atoms with Gasteiger partial charge in [0.2, 0.25) is 5.91 Å². The molecule has 0 saturated heterocycles. The lowest BCUT2D eigenvalue weighted by molar-refractivity contribution is -0.122. The number of hydrogen-bond donors (Lipinski definition) is 1. The zero-order valence-corrected chi connectivity index (χ0v) is 12.4. The average molecular weight is 279 g/mol. The van der Waals surface area contributed by atoms with Crippen LogP contribution in [-0.2, 0) is 10.2 Å². The zero-order chi connectivity index (χ0) is 14.9. The minimum Gasteiger partial charge on any atom is -0.369 e. The Labute approximate surface area is 126 Å². The molecule has 0 fully saturated rings. The molecule has 0 unspecified atom stereocenters. The van der Waals surface area contributed by atoms with Crippen molar-refractivity contribution in [3.63, 3.8) is 0 Å². The van der Waals surface area contributed by atoms with Crippen LogP contribution in [0.4, 0.5) is 0 Å². The second kappa shape index (κ2) is 5.36. The Kier molecular flexibility index (Phi) is 3.54. The average Bonchev–Trinajstić information content (AvgIpc) is 2.80. The SMILES string of the molecule is CCCCCC1(C(N)=O)c2ccccc2-c2ccccc21. The number of benzene rings is 2. The summed E-state index contributed by atoms with van der Waals surface area (Å²) in [5.41, 5.74) is 9.72. The van der Waals surface area contributed by atoms with E-state index in [1.165, 1.54) is 0 Å². The summed E-state index contributed by atoms with van der Waals surface area (Å²) in [5, 5.41) is 0. The Bertz CT molecular complexity index is 629. The van der Waals surface area contributed by atoms with Crippen molar-refractivity contribution in [2.24, 2.45) is 5.73 Å². The van der Waals surface area contributed by atoms with Gasteiger partial charge in [0.05, 0.1) is 5.41 Å². The maximum Gasteiger partial charge on any atom is 0.232 e. The minimum absolute atomic E-state index is 0.226. The van der Waals surface area contributed by atoms with Crippen molar-refractivity contribution >= 4 is 5.91 Å². The van der Waals surface area contributed by atoms with Crippen LogP contribution in [0.3, 0.4) is 0 Å². The van der Waals surface area contributed by atoms with Gasteiger partial charge in [-0.2, -0.15) is 0 Å². The summed E-state index contributed by atoms with van der Waals surface area (Å²) in [6.07, 6.45) is 4.07. The molecule has 2 aromatic rings. The van der Waals surface area contributed by atoms with Crippen LogP contribution in [-0.4, -0.2) is 5.91 Å². The number of carbonyl (C=O) groups is 1. The van der Waals surface area contributed by atoms with Gasteiger partial charge in [0.1, 0.15) is 0 Å². The highest BCUT2D eigenvalue weighted by molar-refractivity contribution is 5.99. The van der Waals surface area contributed by atoms with Gasteiger partial charge in [0.15, 0.2) is 0 Å². The Morgan fingerprint density at radius 3 is 1.95 bits per heavy atom. The van der Waals surface area contributed by atoms with Gasteiger partial charge in [-0.25, -0.2) is 0 Å². The monoisotopic (exact) mass is 279 g/mol. The largest absolute Gasteiger partial charge is 0.369 e. The minimum atomic E-state index is -0.650. The summed E-state index contributed by atoms with van der Waals surface area (Å²) in [5.74, 6) is -0.226. The predicted molar refractivity (Wildman–Crippen MR) is 86.0 cm³/mol. The fraction of sp³-hybridized carbons (Fsp3) is 0.316. The van der Waals surface area contributed by atoms with Gasteiger partial charge < -0.3 is 5.73 Å². The Balaban J connectivity index is 2.20. The van der Waals surface area contributed by atoms with Crippen LogP contribution in [0.1, 0.15) is 43.7 Å². The second-order valence-corrected chi connectivity index (χ2v) is 5.82. The predicted octanol–water partition coefficient (Wildman–Crippen LogP) is 4.02. The number of fused-ring (bicyclic) bond motifs is 3. The molecule has 0 aliphatic heterocycles. The van der Waals surface area contributed by atoms with E-state index < -0.39 is 5.41 Å². The van der Waals surface area contributed by atoms with Crippen LogP contribution < -0.4 is 5.73 Å². The smallest absolute Gasteiger partial charge is 0.232 e. The summed E-state index contributed by atoms with van der Waals surface area (Å²) in [7, 11) is 0. The third-order valence-electron chi connectivity index (χ3n) is 4.64.